The van der Waals surface area contributed by atoms with Gasteiger partial charge in [-0.15, -0.1) is 11.6 Å². The predicted octanol–water partition coefficient (Wildman–Crippen LogP) is 0.981. The zero-order chi connectivity index (χ0) is 11.5. The minimum Gasteiger partial charge on any atom is -0.390 e. The summed E-state index contributed by atoms with van der Waals surface area (Å²) < 4.78 is 0. The summed E-state index contributed by atoms with van der Waals surface area (Å²) in [6.07, 6.45) is 0.0205. The Morgan fingerprint density at radius 1 is 1.44 bits per heavy atom. The molecular weight excluding hydrogens is 230 g/mol. The lowest BCUT2D eigenvalue weighted by molar-refractivity contribution is 0.0152. The summed E-state index contributed by atoms with van der Waals surface area (Å²) in [5.41, 5.74) is 0.996. The van der Waals surface area contributed by atoms with E-state index in [-0.39, 0.29) is 0 Å². The van der Waals surface area contributed by atoms with Crippen LogP contribution in [0.4, 0.5) is 0 Å². The van der Waals surface area contributed by atoms with Gasteiger partial charge in [0.05, 0.1) is 11.8 Å². The average molecular weight is 242 g/mol. The number of fused-ring (bicyclic) bond motifs is 1. The first kappa shape index (κ1) is 11.3. The number of aromatic amines is 1. The summed E-state index contributed by atoms with van der Waals surface area (Å²) in [5.74, 6) is 0.294. The minimum atomic E-state index is -1.02. The molecule has 0 aliphatic rings. The number of alkyl halides is 1. The van der Waals surface area contributed by atoms with Crippen molar-refractivity contribution in [3.63, 3.8) is 0 Å². The summed E-state index contributed by atoms with van der Waals surface area (Å²) in [6, 6.07) is 3.54. The quantitative estimate of drug-likeness (QED) is 0.697. The van der Waals surface area contributed by atoms with Crippen molar-refractivity contribution in [2.45, 2.75) is 18.6 Å². The van der Waals surface area contributed by atoms with Crippen LogP contribution in [0.2, 0.25) is 0 Å². The van der Waals surface area contributed by atoms with Crippen molar-refractivity contribution in [3.05, 3.63) is 24.0 Å². The van der Waals surface area contributed by atoms with Gasteiger partial charge in [-0.05, 0) is 18.6 Å². The first-order valence-electron chi connectivity index (χ1n) is 4.95. The van der Waals surface area contributed by atoms with Crippen LogP contribution < -0.4 is 0 Å². The third kappa shape index (κ3) is 2.02. The van der Waals surface area contributed by atoms with Gasteiger partial charge in [-0.25, -0.2) is 4.98 Å². The number of hydrogen-bond donors (Lipinski definition) is 3. The van der Waals surface area contributed by atoms with Crippen LogP contribution in [-0.2, 0) is 0 Å². The zero-order valence-electron chi connectivity index (χ0n) is 8.47. The summed E-state index contributed by atoms with van der Waals surface area (Å²) in [4.78, 5) is 4.03. The molecule has 0 aliphatic carbocycles. The lowest BCUT2D eigenvalue weighted by Gasteiger charge is -2.15. The lowest BCUT2D eigenvalue weighted by atomic mass is 10.1. The molecule has 16 heavy (non-hydrogen) atoms. The fraction of sp³-hybridized carbons (Fsp3) is 0.400. The van der Waals surface area contributed by atoms with Crippen molar-refractivity contribution in [3.8, 4) is 0 Å². The van der Waals surface area contributed by atoms with E-state index in [1.807, 2.05) is 0 Å². The van der Waals surface area contributed by atoms with Crippen molar-refractivity contribution in [2.24, 2.45) is 0 Å². The fourth-order valence-corrected chi connectivity index (χ4v) is 1.78. The smallest absolute Gasteiger partial charge is 0.181 e. The summed E-state index contributed by atoms with van der Waals surface area (Å²) in [7, 11) is 0. The maximum Gasteiger partial charge on any atom is 0.181 e. The van der Waals surface area contributed by atoms with Crippen molar-refractivity contribution in [1.82, 2.24) is 15.2 Å². The number of nitrogens with one attached hydrogen (secondary N) is 1. The molecule has 5 nitrogen and oxygen atoms in total. The summed E-state index contributed by atoms with van der Waals surface area (Å²) in [6.45, 7) is 0. The van der Waals surface area contributed by atoms with E-state index in [1.54, 1.807) is 18.3 Å². The van der Waals surface area contributed by atoms with Crippen LogP contribution in [0.1, 0.15) is 18.2 Å². The van der Waals surface area contributed by atoms with Crippen molar-refractivity contribution >= 4 is 22.6 Å². The Labute approximate surface area is 97.1 Å². The lowest BCUT2D eigenvalue weighted by Crippen LogP contribution is -2.19. The molecule has 86 valence electrons. The number of H-pyrrole nitrogens is 1. The molecular formula is C10H12ClN3O2. The molecule has 2 heterocycles. The Balaban J connectivity index is 2.32. The van der Waals surface area contributed by atoms with E-state index in [0.717, 1.165) is 0 Å². The molecule has 0 aliphatic heterocycles. The van der Waals surface area contributed by atoms with Gasteiger partial charge in [0.1, 0.15) is 6.10 Å². The Kier molecular flexibility index (Phi) is 3.38. The van der Waals surface area contributed by atoms with E-state index in [9.17, 15) is 10.2 Å². The predicted molar refractivity (Wildman–Crippen MR) is 60.2 cm³/mol. The Bertz CT molecular complexity index is 474. The Hall–Kier alpha value is -1.17. The van der Waals surface area contributed by atoms with Gasteiger partial charge in [0.25, 0.3) is 0 Å². The average Bonchev–Trinajstić information content (AvgIpc) is 2.72. The van der Waals surface area contributed by atoms with E-state index in [1.165, 1.54) is 0 Å². The molecule has 6 heteroatoms. The largest absolute Gasteiger partial charge is 0.390 e. The topological polar surface area (TPSA) is 82.0 Å². The van der Waals surface area contributed by atoms with Crippen LogP contribution in [0, 0.1) is 0 Å². The normalized spacial score (nSPS) is 15.2. The molecule has 2 rings (SSSR count). The van der Waals surface area contributed by atoms with Gasteiger partial charge in [0.15, 0.2) is 5.65 Å². The SMILES string of the molecule is OC(CCCl)C(O)c1[nH]nc2ncccc12. The molecule has 0 saturated heterocycles. The number of aliphatic hydroxyl groups excluding tert-OH is 2. The second-order valence-corrected chi connectivity index (χ2v) is 3.88. The molecule has 0 bridgehead atoms. The second-order valence-electron chi connectivity index (χ2n) is 3.50. The standard InChI is InChI=1S/C10H12ClN3O2/c11-4-3-7(15)9(16)8-6-2-1-5-12-10(6)14-13-8/h1-2,5,7,9,15-16H,3-4H2,(H,12,13,14). The number of pyridine rings is 1. The van der Waals surface area contributed by atoms with Crippen LogP contribution in [0.15, 0.2) is 18.3 Å². The van der Waals surface area contributed by atoms with Gasteiger partial charge in [-0.3, -0.25) is 5.10 Å². The number of halogens is 1. The van der Waals surface area contributed by atoms with Gasteiger partial charge in [-0.2, -0.15) is 5.10 Å². The summed E-state index contributed by atoms with van der Waals surface area (Å²) in [5, 5.41) is 26.9. The molecule has 2 atom stereocenters. The van der Waals surface area contributed by atoms with Crippen molar-refractivity contribution in [2.75, 3.05) is 5.88 Å². The van der Waals surface area contributed by atoms with Gasteiger partial charge in [-0.1, -0.05) is 0 Å². The van der Waals surface area contributed by atoms with Crippen LogP contribution in [0.25, 0.3) is 11.0 Å². The fourth-order valence-electron chi connectivity index (χ4n) is 1.56. The van der Waals surface area contributed by atoms with Crippen molar-refractivity contribution < 1.29 is 10.2 Å². The highest BCUT2D eigenvalue weighted by Gasteiger charge is 2.22. The Morgan fingerprint density at radius 3 is 3.00 bits per heavy atom. The zero-order valence-corrected chi connectivity index (χ0v) is 9.22. The molecule has 0 amide bonds. The molecule has 0 aromatic carbocycles. The third-order valence-electron chi connectivity index (χ3n) is 2.42. The number of aromatic nitrogens is 3. The van der Waals surface area contributed by atoms with Crippen LogP contribution >= 0.6 is 11.6 Å². The first-order chi connectivity index (χ1) is 7.74. The number of aliphatic hydroxyl groups is 2. The number of rotatable bonds is 4. The molecule has 2 aromatic heterocycles. The highest BCUT2D eigenvalue weighted by Crippen LogP contribution is 2.23. The maximum atomic E-state index is 9.90. The number of hydrogen-bond acceptors (Lipinski definition) is 4. The molecule has 2 aromatic rings. The van der Waals surface area contributed by atoms with Crippen LogP contribution in [0.5, 0.6) is 0 Å². The van der Waals surface area contributed by atoms with Crippen LogP contribution in [0.3, 0.4) is 0 Å². The van der Waals surface area contributed by atoms with Gasteiger partial charge in [0, 0.05) is 17.5 Å². The number of nitrogens with zero attached hydrogens (tertiary/aromatic N) is 2. The van der Waals surface area contributed by atoms with Gasteiger partial charge >= 0.3 is 0 Å². The highest BCUT2D eigenvalue weighted by molar-refractivity contribution is 6.17. The van der Waals surface area contributed by atoms with E-state index in [2.05, 4.69) is 15.2 Å². The molecule has 3 N–H and O–H groups in total. The third-order valence-corrected chi connectivity index (χ3v) is 2.64. The van der Waals surface area contributed by atoms with Crippen molar-refractivity contribution in [1.29, 1.82) is 0 Å². The van der Waals surface area contributed by atoms with E-state index < -0.39 is 12.2 Å². The molecule has 0 spiro atoms. The second kappa shape index (κ2) is 4.78. The van der Waals surface area contributed by atoms with Crippen LogP contribution in [-0.4, -0.2) is 37.4 Å². The highest BCUT2D eigenvalue weighted by atomic mass is 35.5. The van der Waals surface area contributed by atoms with E-state index in [4.69, 9.17) is 11.6 Å². The first-order valence-corrected chi connectivity index (χ1v) is 5.48. The molecule has 0 radical (unpaired) electrons. The Morgan fingerprint density at radius 2 is 2.25 bits per heavy atom. The van der Waals surface area contributed by atoms with Gasteiger partial charge in [0.2, 0.25) is 0 Å². The minimum absolute atomic E-state index is 0.294. The van der Waals surface area contributed by atoms with E-state index in [0.29, 0.717) is 29.0 Å². The maximum absolute atomic E-state index is 9.90. The monoisotopic (exact) mass is 241 g/mol. The van der Waals surface area contributed by atoms with E-state index >= 15 is 0 Å². The van der Waals surface area contributed by atoms with Gasteiger partial charge < -0.3 is 10.2 Å². The molecule has 0 fully saturated rings. The summed E-state index contributed by atoms with van der Waals surface area (Å²) >= 11 is 5.51. The molecule has 0 saturated carbocycles. The molecule has 2 unspecified atom stereocenters.